The molecule has 14 rings (SSSR count). The maximum atomic E-state index is 2.61. The van der Waals surface area contributed by atoms with Gasteiger partial charge in [0, 0.05) is 38.6 Å². The molecule has 350 valence electrons. The van der Waals surface area contributed by atoms with Crippen LogP contribution < -0.4 is 38.2 Å². The van der Waals surface area contributed by atoms with Crippen molar-refractivity contribution < 1.29 is 0 Å². The number of rotatable bonds is 7. The molecular formula is C67H51B7N2. The smallest absolute Gasteiger partial charge is 0.141 e. The van der Waals surface area contributed by atoms with E-state index in [2.05, 4.69) is 289 Å². The summed E-state index contributed by atoms with van der Waals surface area (Å²) >= 11 is 0. The molecule has 0 radical (unpaired) electrons. The van der Waals surface area contributed by atoms with Crippen LogP contribution in [-0.2, 0) is 5.41 Å². The fourth-order valence-electron chi connectivity index (χ4n) is 13.8. The van der Waals surface area contributed by atoms with Gasteiger partial charge in [0.05, 0.1) is 16.4 Å². The monoisotopic (exact) mass is 960 g/mol. The van der Waals surface area contributed by atoms with Crippen molar-refractivity contribution in [3.63, 3.8) is 0 Å². The predicted molar refractivity (Wildman–Crippen MR) is 346 cm³/mol. The lowest BCUT2D eigenvalue weighted by atomic mass is 9.64. The molecule has 2 heterocycles. The maximum absolute atomic E-state index is 2.61. The second-order valence-corrected chi connectivity index (χ2v) is 21.3. The highest BCUT2D eigenvalue weighted by Crippen LogP contribution is 2.56. The molecule has 0 aliphatic heterocycles. The molecule has 0 saturated heterocycles. The van der Waals surface area contributed by atoms with Crippen molar-refractivity contribution in [2.45, 2.75) is 5.41 Å². The van der Waals surface area contributed by atoms with E-state index in [-0.39, 0.29) is 0 Å². The van der Waals surface area contributed by atoms with Crippen molar-refractivity contribution >= 4 is 137 Å². The number of hydrogen-bond donors (Lipinski definition) is 0. The molecule has 11 aromatic carbocycles. The second-order valence-electron chi connectivity index (χ2n) is 21.3. The molecule has 1 aliphatic rings. The molecule has 0 fully saturated rings. The van der Waals surface area contributed by atoms with Crippen LogP contribution >= 0.6 is 0 Å². The Kier molecular flexibility index (Phi) is 10.6. The number of fused-ring (bicyclic) bond motifs is 9. The first-order chi connectivity index (χ1) is 37.2. The Hall–Kier alpha value is -8.53. The first-order valence-corrected chi connectivity index (χ1v) is 26.9. The first-order valence-electron chi connectivity index (χ1n) is 26.9. The summed E-state index contributed by atoms with van der Waals surface area (Å²) in [6.45, 7) is 0. The average Bonchev–Trinajstić information content (AvgIpc) is 4.33. The highest BCUT2D eigenvalue weighted by Gasteiger charge is 2.46. The minimum atomic E-state index is -0.464. The van der Waals surface area contributed by atoms with E-state index in [1.165, 1.54) is 154 Å². The summed E-state index contributed by atoms with van der Waals surface area (Å²) in [4.78, 5) is 0. The van der Waals surface area contributed by atoms with Crippen LogP contribution in [0.5, 0.6) is 0 Å². The van der Waals surface area contributed by atoms with Gasteiger partial charge in [-0.05, 0) is 115 Å². The van der Waals surface area contributed by atoms with Crippen molar-refractivity contribution in [1.82, 2.24) is 9.13 Å². The summed E-state index contributed by atoms with van der Waals surface area (Å²) in [5.74, 6) is 0. The van der Waals surface area contributed by atoms with Crippen molar-refractivity contribution in [3.8, 4) is 55.9 Å². The average molecular weight is 960 g/mol. The molecule has 76 heavy (non-hydrogen) atoms. The third-order valence-electron chi connectivity index (χ3n) is 17.7. The number of benzene rings is 11. The van der Waals surface area contributed by atoms with E-state index in [9.17, 15) is 0 Å². The number of hydrogen-bond acceptors (Lipinski definition) is 0. The fourth-order valence-corrected chi connectivity index (χ4v) is 13.8. The third kappa shape index (κ3) is 6.51. The molecular weight excluding hydrogens is 908 g/mol. The van der Waals surface area contributed by atoms with E-state index in [0.717, 1.165) is 5.69 Å². The van der Waals surface area contributed by atoms with Crippen molar-refractivity contribution in [3.05, 3.63) is 247 Å². The zero-order chi connectivity index (χ0) is 51.6. The van der Waals surface area contributed by atoms with Gasteiger partial charge < -0.3 is 9.13 Å². The van der Waals surface area contributed by atoms with Gasteiger partial charge in [-0.3, -0.25) is 0 Å². The zero-order valence-electron chi connectivity index (χ0n) is 44.3. The highest BCUT2D eigenvalue weighted by atomic mass is 15.0. The molecule has 0 unspecified atom stereocenters. The normalized spacial score (nSPS) is 12.7. The van der Waals surface area contributed by atoms with Crippen LogP contribution in [0.2, 0.25) is 0 Å². The van der Waals surface area contributed by atoms with Crippen LogP contribution in [0.25, 0.3) is 99.5 Å². The largest absolute Gasteiger partial charge is 0.310 e. The predicted octanol–water partition coefficient (Wildman–Crippen LogP) is 5.05. The lowest BCUT2D eigenvalue weighted by Gasteiger charge is -2.34. The number of nitrogens with zero attached hydrogens (tertiary/aromatic N) is 2. The van der Waals surface area contributed by atoms with Gasteiger partial charge in [-0.15, -0.1) is 5.46 Å². The quantitative estimate of drug-likeness (QED) is 0.198. The van der Waals surface area contributed by atoms with Crippen LogP contribution in [0.3, 0.4) is 0 Å². The van der Waals surface area contributed by atoms with E-state index in [1.54, 1.807) is 0 Å². The Morgan fingerprint density at radius 3 is 1.41 bits per heavy atom. The molecule has 9 heteroatoms. The van der Waals surface area contributed by atoms with Gasteiger partial charge in [-0.2, -0.15) is 0 Å². The fraction of sp³-hybridized carbons (Fsp3) is 0.0149. The Balaban J connectivity index is 0.994. The molecule has 0 spiro atoms. The lowest BCUT2D eigenvalue weighted by Crippen LogP contribution is -2.48. The molecule has 1 aliphatic carbocycles. The Bertz CT molecular complexity index is 4460. The van der Waals surface area contributed by atoms with E-state index in [4.69, 9.17) is 0 Å². The van der Waals surface area contributed by atoms with Crippen molar-refractivity contribution in [1.29, 1.82) is 0 Å². The zero-order valence-corrected chi connectivity index (χ0v) is 44.3. The number of aromatic nitrogens is 2. The van der Waals surface area contributed by atoms with Crippen molar-refractivity contribution in [2.24, 2.45) is 0 Å². The van der Waals surface area contributed by atoms with E-state index >= 15 is 0 Å². The minimum Gasteiger partial charge on any atom is -0.310 e. The molecule has 0 N–H and O–H groups in total. The summed E-state index contributed by atoms with van der Waals surface area (Å²) in [7, 11) is 16.4. The van der Waals surface area contributed by atoms with Gasteiger partial charge in [0.2, 0.25) is 0 Å². The SMILES string of the molecule is Bc1c(B)c(B)c2c(c1B)c1c(B)c(-c3ccc4c(c3)c3c(-c5ccccc5)cccc3n4-c3ccc(-c4ccccc4)cc3)c(B)c(B)c1n2-c1ccc(C2(c3ccccc3)c3ccccc3-c3ccccc32)cc1. The Morgan fingerprint density at radius 1 is 0.289 bits per heavy atom. The van der Waals surface area contributed by atoms with Crippen LogP contribution in [0.1, 0.15) is 22.3 Å². The van der Waals surface area contributed by atoms with E-state index < -0.39 is 5.41 Å². The maximum Gasteiger partial charge on any atom is 0.141 e. The molecule has 2 nitrogen and oxygen atoms in total. The molecule has 13 aromatic rings. The molecule has 2 aromatic heterocycles. The third-order valence-corrected chi connectivity index (χ3v) is 17.7. The van der Waals surface area contributed by atoms with Crippen LogP contribution in [0, 0.1) is 0 Å². The second kappa shape index (κ2) is 17.5. The minimum absolute atomic E-state index is 0.464. The van der Waals surface area contributed by atoms with Gasteiger partial charge >= 0.3 is 0 Å². The van der Waals surface area contributed by atoms with E-state index in [1.807, 2.05) is 0 Å². The highest BCUT2D eigenvalue weighted by molar-refractivity contribution is 6.69. The van der Waals surface area contributed by atoms with Crippen LogP contribution in [0.15, 0.2) is 224 Å². The van der Waals surface area contributed by atoms with Crippen molar-refractivity contribution in [2.75, 3.05) is 0 Å². The molecule has 0 saturated carbocycles. The summed E-state index contributed by atoms with van der Waals surface area (Å²) < 4.78 is 5.08. The standard InChI is InChI=1S/C67H51B7N2/c68-58-54(41-29-36-52-49(37-41)55-46(40-17-6-2-7-18-40)23-14-26-53(55)75(52)44-32-27-39(28-33-44)38-15-4-1-5-16-38)59(69)63(73)65-56(58)57-60(70)61(71)62(72)64(74)66(57)76(65)45-34-30-43(31-35-45)67(42-19-8-3-9-20-42)50-24-12-10-21-47(50)48-22-11-13-25-51(48)67/h1-37H,68-74H2. The van der Waals surface area contributed by atoms with Crippen LogP contribution in [0.4, 0.5) is 0 Å². The van der Waals surface area contributed by atoms with Crippen LogP contribution in [-0.4, -0.2) is 64.1 Å². The van der Waals surface area contributed by atoms with Gasteiger partial charge in [-0.25, -0.2) is 0 Å². The Labute approximate surface area is 451 Å². The summed E-state index contributed by atoms with van der Waals surface area (Å²) in [5.41, 5.74) is 31.4. The summed E-state index contributed by atoms with van der Waals surface area (Å²) in [6, 6.07) is 83.5. The van der Waals surface area contributed by atoms with Gasteiger partial charge in [-0.1, -0.05) is 215 Å². The molecule has 0 atom stereocenters. The van der Waals surface area contributed by atoms with Gasteiger partial charge in [0.25, 0.3) is 0 Å². The first kappa shape index (κ1) is 46.0. The molecule has 0 bridgehead atoms. The summed E-state index contributed by atoms with van der Waals surface area (Å²) in [5, 5.41) is 5.20. The lowest BCUT2D eigenvalue weighted by molar-refractivity contribution is 0.768. The van der Waals surface area contributed by atoms with Gasteiger partial charge in [0.15, 0.2) is 0 Å². The molecule has 0 amide bonds. The van der Waals surface area contributed by atoms with E-state index in [0.29, 0.717) is 0 Å². The van der Waals surface area contributed by atoms with Gasteiger partial charge in [0.1, 0.15) is 54.9 Å². The topological polar surface area (TPSA) is 9.86 Å². The Morgan fingerprint density at radius 2 is 0.763 bits per heavy atom. The summed E-state index contributed by atoms with van der Waals surface area (Å²) in [6.07, 6.45) is 0.